The molecule has 4 rings (SSSR count). The summed E-state index contributed by atoms with van der Waals surface area (Å²) in [5.41, 5.74) is 4.42. The Hall–Kier alpha value is -2.08. The van der Waals surface area contributed by atoms with Crippen molar-refractivity contribution in [2.75, 3.05) is 5.75 Å². The number of aromatic nitrogens is 4. The van der Waals surface area contributed by atoms with E-state index in [1.165, 1.54) is 49.7 Å². The van der Waals surface area contributed by atoms with Crippen LogP contribution in [0.1, 0.15) is 96.6 Å². The fourth-order valence-corrected chi connectivity index (χ4v) is 6.22. The van der Waals surface area contributed by atoms with Crippen LogP contribution in [-0.2, 0) is 18.4 Å². The van der Waals surface area contributed by atoms with Crippen LogP contribution in [0.25, 0.3) is 17.0 Å². The first-order valence-corrected chi connectivity index (χ1v) is 14.3. The van der Waals surface area contributed by atoms with Gasteiger partial charge >= 0.3 is 0 Å². The van der Waals surface area contributed by atoms with Crippen LogP contribution >= 0.6 is 11.8 Å². The summed E-state index contributed by atoms with van der Waals surface area (Å²) in [5.74, 6) is 1.67. The Labute approximate surface area is 208 Å². The number of nitrogens with zero attached hydrogens (tertiary/aromatic N) is 4. The van der Waals surface area contributed by atoms with E-state index in [0.29, 0.717) is 5.78 Å². The van der Waals surface area contributed by atoms with Gasteiger partial charge in [-0.05, 0) is 31.2 Å². The van der Waals surface area contributed by atoms with Crippen LogP contribution in [0.3, 0.4) is 0 Å². The Kier molecular flexibility index (Phi) is 8.18. The molecule has 6 heteroatoms. The SMILES string of the molecule is CCCCCCSc1nnc2n(CCCCCC)c3c(c(=O)n12)[C@](C)(CC)Cc1ccccc1-3. The highest BCUT2D eigenvalue weighted by Gasteiger charge is 2.39. The number of fused-ring (bicyclic) bond motifs is 4. The van der Waals surface area contributed by atoms with E-state index >= 15 is 0 Å². The first-order valence-electron chi connectivity index (χ1n) is 13.3. The highest BCUT2D eigenvalue weighted by atomic mass is 32.2. The lowest BCUT2D eigenvalue weighted by Crippen LogP contribution is -2.39. The lowest BCUT2D eigenvalue weighted by atomic mass is 9.69. The molecule has 0 amide bonds. The molecule has 3 aromatic rings. The third kappa shape index (κ3) is 4.71. The number of hydrogen-bond donors (Lipinski definition) is 0. The molecule has 5 nitrogen and oxygen atoms in total. The van der Waals surface area contributed by atoms with Gasteiger partial charge in [0.1, 0.15) is 0 Å². The van der Waals surface area contributed by atoms with Crippen LogP contribution in [0.4, 0.5) is 0 Å². The van der Waals surface area contributed by atoms with Gasteiger partial charge in [-0.25, -0.2) is 4.40 Å². The van der Waals surface area contributed by atoms with E-state index in [4.69, 9.17) is 0 Å². The highest BCUT2D eigenvalue weighted by Crippen LogP contribution is 2.44. The molecule has 0 aliphatic heterocycles. The molecule has 2 aromatic heterocycles. The van der Waals surface area contributed by atoms with E-state index in [9.17, 15) is 4.79 Å². The van der Waals surface area contributed by atoms with Gasteiger partial charge in [-0.2, -0.15) is 0 Å². The van der Waals surface area contributed by atoms with Crippen LogP contribution in [0.5, 0.6) is 0 Å². The standard InChI is InChI=1S/C28H40N4OS/c1-5-8-10-14-18-31-24-22-17-13-12-16-21(22)20-28(4,7-3)23(24)25(33)32-26(31)29-30-27(32)34-19-15-11-9-6-2/h12-13,16-17H,5-11,14-15,18-20H2,1-4H3/t28-/m1/s1. The molecule has 1 aliphatic rings. The topological polar surface area (TPSA) is 52.2 Å². The van der Waals surface area contributed by atoms with Gasteiger partial charge in [0.25, 0.3) is 5.56 Å². The Morgan fingerprint density at radius 3 is 2.44 bits per heavy atom. The fourth-order valence-electron chi connectivity index (χ4n) is 5.30. The van der Waals surface area contributed by atoms with Crippen LogP contribution < -0.4 is 5.56 Å². The fraction of sp³-hybridized carbons (Fsp3) is 0.607. The average molecular weight is 481 g/mol. The van der Waals surface area contributed by atoms with Crippen molar-refractivity contribution >= 4 is 17.5 Å². The second-order valence-electron chi connectivity index (χ2n) is 10.0. The maximum Gasteiger partial charge on any atom is 0.265 e. The van der Waals surface area contributed by atoms with Gasteiger partial charge < -0.3 is 4.57 Å². The maximum atomic E-state index is 14.2. The number of rotatable bonds is 12. The van der Waals surface area contributed by atoms with E-state index in [2.05, 4.69) is 66.7 Å². The lowest BCUT2D eigenvalue weighted by Gasteiger charge is -2.37. The van der Waals surface area contributed by atoms with E-state index in [0.717, 1.165) is 54.4 Å². The summed E-state index contributed by atoms with van der Waals surface area (Å²) >= 11 is 1.68. The van der Waals surface area contributed by atoms with E-state index in [1.54, 1.807) is 11.8 Å². The third-order valence-electron chi connectivity index (χ3n) is 7.48. The van der Waals surface area contributed by atoms with Crippen molar-refractivity contribution in [1.29, 1.82) is 0 Å². The smallest absolute Gasteiger partial charge is 0.265 e. The normalized spacial score (nSPS) is 17.2. The molecule has 0 unspecified atom stereocenters. The minimum Gasteiger partial charge on any atom is -0.309 e. The molecule has 2 heterocycles. The molecule has 1 atom stereocenters. The zero-order valence-electron chi connectivity index (χ0n) is 21.4. The number of thioether (sulfide) groups is 1. The van der Waals surface area contributed by atoms with Crippen molar-refractivity contribution in [3.63, 3.8) is 0 Å². The molecular formula is C28H40N4OS. The number of hydrogen-bond acceptors (Lipinski definition) is 4. The van der Waals surface area contributed by atoms with Gasteiger partial charge in [-0.15, -0.1) is 10.2 Å². The van der Waals surface area contributed by atoms with Gasteiger partial charge in [-0.3, -0.25) is 4.79 Å². The van der Waals surface area contributed by atoms with Crippen LogP contribution in [0.2, 0.25) is 0 Å². The van der Waals surface area contributed by atoms with Crippen molar-refractivity contribution in [2.24, 2.45) is 0 Å². The second-order valence-corrected chi connectivity index (χ2v) is 11.1. The predicted octanol–water partition coefficient (Wildman–Crippen LogP) is 7.03. The molecule has 0 fully saturated rings. The molecule has 34 heavy (non-hydrogen) atoms. The molecule has 0 saturated heterocycles. The van der Waals surface area contributed by atoms with Crippen LogP contribution in [0, 0.1) is 0 Å². The summed E-state index contributed by atoms with van der Waals surface area (Å²) < 4.78 is 4.14. The van der Waals surface area contributed by atoms with Gasteiger partial charge in [0.05, 0.1) is 5.69 Å². The highest BCUT2D eigenvalue weighted by molar-refractivity contribution is 7.99. The van der Waals surface area contributed by atoms with Gasteiger partial charge in [0.15, 0.2) is 5.16 Å². The molecule has 0 N–H and O–H groups in total. The van der Waals surface area contributed by atoms with Crippen LogP contribution in [-0.4, -0.2) is 24.9 Å². The van der Waals surface area contributed by atoms with E-state index in [1.807, 2.05) is 4.40 Å². The largest absolute Gasteiger partial charge is 0.309 e. The van der Waals surface area contributed by atoms with E-state index in [-0.39, 0.29) is 11.0 Å². The summed E-state index contributed by atoms with van der Waals surface area (Å²) in [5, 5.41) is 9.89. The van der Waals surface area contributed by atoms with Crippen molar-refractivity contribution < 1.29 is 0 Å². The first kappa shape index (κ1) is 25.0. The number of benzene rings is 1. The van der Waals surface area contributed by atoms with Crippen molar-refractivity contribution in [1.82, 2.24) is 19.2 Å². The molecule has 1 aliphatic carbocycles. The van der Waals surface area contributed by atoms with Crippen molar-refractivity contribution in [3.8, 4) is 11.3 Å². The summed E-state index contributed by atoms with van der Waals surface area (Å²) in [6, 6.07) is 8.62. The number of unbranched alkanes of at least 4 members (excludes halogenated alkanes) is 6. The number of aryl methyl sites for hydroxylation is 1. The summed E-state index contributed by atoms with van der Waals surface area (Å²) in [7, 11) is 0. The molecule has 0 saturated carbocycles. The quantitative estimate of drug-likeness (QED) is 0.206. The zero-order chi connectivity index (χ0) is 24.1. The lowest BCUT2D eigenvalue weighted by molar-refractivity contribution is 0.433. The Balaban J connectivity index is 1.87. The molecule has 184 valence electrons. The minimum absolute atomic E-state index is 0.0784. The average Bonchev–Trinajstić information content (AvgIpc) is 3.27. The monoisotopic (exact) mass is 480 g/mol. The summed E-state index contributed by atoms with van der Waals surface area (Å²) in [6.07, 6.45) is 11.4. The molecule has 0 spiro atoms. The first-order chi connectivity index (χ1) is 16.6. The van der Waals surface area contributed by atoms with Crippen molar-refractivity contribution in [3.05, 3.63) is 45.7 Å². The Bertz CT molecular complexity index is 1180. The predicted molar refractivity (Wildman–Crippen MR) is 143 cm³/mol. The maximum absolute atomic E-state index is 14.2. The molecule has 0 bridgehead atoms. The Morgan fingerprint density at radius 1 is 0.971 bits per heavy atom. The van der Waals surface area contributed by atoms with Crippen molar-refractivity contribution in [2.45, 2.75) is 109 Å². The van der Waals surface area contributed by atoms with Gasteiger partial charge in [0, 0.05) is 28.8 Å². The molecule has 1 aromatic carbocycles. The zero-order valence-corrected chi connectivity index (χ0v) is 22.2. The van der Waals surface area contributed by atoms with Gasteiger partial charge in [0.2, 0.25) is 5.78 Å². The van der Waals surface area contributed by atoms with Crippen LogP contribution in [0.15, 0.2) is 34.2 Å². The summed E-state index contributed by atoms with van der Waals surface area (Å²) in [6.45, 7) is 9.81. The minimum atomic E-state index is -0.201. The summed E-state index contributed by atoms with van der Waals surface area (Å²) in [4.78, 5) is 14.2. The third-order valence-corrected chi connectivity index (χ3v) is 8.50. The molecule has 0 radical (unpaired) electrons. The Morgan fingerprint density at radius 2 is 1.71 bits per heavy atom. The van der Waals surface area contributed by atoms with E-state index < -0.39 is 0 Å². The molecular weight excluding hydrogens is 440 g/mol. The van der Waals surface area contributed by atoms with Gasteiger partial charge in [-0.1, -0.05) is 102 Å². The second kappa shape index (κ2) is 11.1.